The van der Waals surface area contributed by atoms with Gasteiger partial charge < -0.3 is 4.90 Å². The molecule has 1 saturated carbocycles. The van der Waals surface area contributed by atoms with Gasteiger partial charge in [-0.1, -0.05) is 26.2 Å². The maximum atomic E-state index is 12.8. The smallest absolute Gasteiger partial charge is 0.264 e. The third-order valence-corrected chi connectivity index (χ3v) is 5.04. The summed E-state index contributed by atoms with van der Waals surface area (Å²) in [5.41, 5.74) is 1.17. The standard InChI is InChI=1S/C15H22ClNOS/c1-2-12-8-11-19-14(12)15(18)17(10-9-16)13-6-4-3-5-7-13/h8,11,13H,2-7,9-10H2,1H3. The topological polar surface area (TPSA) is 20.3 Å². The van der Waals surface area contributed by atoms with Crippen LogP contribution in [-0.4, -0.2) is 29.3 Å². The molecule has 0 N–H and O–H groups in total. The van der Waals surface area contributed by atoms with Crippen molar-refractivity contribution in [2.75, 3.05) is 12.4 Å². The minimum Gasteiger partial charge on any atom is -0.334 e. The lowest BCUT2D eigenvalue weighted by atomic mass is 9.94. The molecule has 0 saturated heterocycles. The van der Waals surface area contributed by atoms with E-state index >= 15 is 0 Å². The lowest BCUT2D eigenvalue weighted by Gasteiger charge is -2.34. The monoisotopic (exact) mass is 299 g/mol. The Kier molecular flexibility index (Phi) is 5.71. The number of hydrogen-bond acceptors (Lipinski definition) is 2. The highest BCUT2D eigenvalue weighted by atomic mass is 35.5. The first-order chi connectivity index (χ1) is 9.27. The predicted molar refractivity (Wildman–Crippen MR) is 82.3 cm³/mol. The van der Waals surface area contributed by atoms with E-state index in [0.717, 1.165) is 24.1 Å². The number of carbonyl (C=O) groups is 1. The van der Waals surface area contributed by atoms with Crippen LogP contribution in [0.5, 0.6) is 0 Å². The van der Waals surface area contributed by atoms with Crippen LogP contribution in [0.25, 0.3) is 0 Å². The van der Waals surface area contributed by atoms with Crippen LogP contribution in [0.15, 0.2) is 11.4 Å². The summed E-state index contributed by atoms with van der Waals surface area (Å²) >= 11 is 7.47. The average Bonchev–Trinajstić information content (AvgIpc) is 2.93. The molecule has 1 aromatic heterocycles. The summed E-state index contributed by atoms with van der Waals surface area (Å²) in [4.78, 5) is 15.7. The number of amides is 1. The van der Waals surface area contributed by atoms with Gasteiger partial charge in [-0.15, -0.1) is 22.9 Å². The first kappa shape index (κ1) is 14.9. The van der Waals surface area contributed by atoms with Crippen LogP contribution in [0.2, 0.25) is 0 Å². The Bertz CT molecular complexity index is 412. The van der Waals surface area contributed by atoms with E-state index in [2.05, 4.69) is 13.0 Å². The number of hydrogen-bond donors (Lipinski definition) is 0. The first-order valence-electron chi connectivity index (χ1n) is 7.21. The van der Waals surface area contributed by atoms with Gasteiger partial charge in [-0.05, 0) is 36.3 Å². The van der Waals surface area contributed by atoms with Gasteiger partial charge in [-0.3, -0.25) is 4.79 Å². The van der Waals surface area contributed by atoms with Crippen LogP contribution in [0.4, 0.5) is 0 Å². The number of aryl methyl sites for hydroxylation is 1. The molecule has 1 aromatic rings. The Morgan fingerprint density at radius 3 is 2.79 bits per heavy atom. The number of alkyl halides is 1. The van der Waals surface area contributed by atoms with E-state index in [9.17, 15) is 4.79 Å². The van der Waals surface area contributed by atoms with Crippen molar-refractivity contribution in [1.82, 2.24) is 4.90 Å². The summed E-state index contributed by atoms with van der Waals surface area (Å²) in [7, 11) is 0. The molecule has 19 heavy (non-hydrogen) atoms. The normalized spacial score (nSPS) is 16.5. The molecule has 1 fully saturated rings. The number of nitrogens with zero attached hydrogens (tertiary/aromatic N) is 1. The van der Waals surface area contributed by atoms with Gasteiger partial charge >= 0.3 is 0 Å². The largest absolute Gasteiger partial charge is 0.334 e. The molecular formula is C15H22ClNOS. The number of thiophene rings is 1. The van der Waals surface area contributed by atoms with Crippen molar-refractivity contribution < 1.29 is 4.79 Å². The third kappa shape index (κ3) is 3.51. The highest BCUT2D eigenvalue weighted by molar-refractivity contribution is 7.12. The van der Waals surface area contributed by atoms with Gasteiger partial charge in [0.2, 0.25) is 0 Å². The van der Waals surface area contributed by atoms with Crippen LogP contribution in [0, 0.1) is 0 Å². The second-order valence-corrected chi connectivity index (χ2v) is 6.40. The summed E-state index contributed by atoms with van der Waals surface area (Å²) in [6.07, 6.45) is 6.97. The predicted octanol–water partition coefficient (Wildman–Crippen LogP) is 4.32. The zero-order chi connectivity index (χ0) is 13.7. The van der Waals surface area contributed by atoms with E-state index in [1.165, 1.54) is 24.8 Å². The fourth-order valence-electron chi connectivity index (χ4n) is 2.87. The molecule has 0 unspecified atom stereocenters. The second kappa shape index (κ2) is 7.30. The summed E-state index contributed by atoms with van der Waals surface area (Å²) in [5.74, 6) is 0.717. The molecule has 1 amide bonds. The molecule has 0 radical (unpaired) electrons. The van der Waals surface area contributed by atoms with Crippen molar-refractivity contribution in [1.29, 1.82) is 0 Å². The van der Waals surface area contributed by atoms with Gasteiger partial charge in [0.1, 0.15) is 0 Å². The number of halogens is 1. The van der Waals surface area contributed by atoms with Gasteiger partial charge in [-0.25, -0.2) is 0 Å². The van der Waals surface area contributed by atoms with Crippen molar-refractivity contribution in [2.45, 2.75) is 51.5 Å². The van der Waals surface area contributed by atoms with Crippen molar-refractivity contribution in [3.63, 3.8) is 0 Å². The van der Waals surface area contributed by atoms with Crippen LogP contribution < -0.4 is 0 Å². The van der Waals surface area contributed by atoms with Crippen LogP contribution in [0.1, 0.15) is 54.3 Å². The molecule has 0 atom stereocenters. The van der Waals surface area contributed by atoms with Gasteiger partial charge in [0, 0.05) is 18.5 Å². The van der Waals surface area contributed by atoms with Gasteiger partial charge in [0.05, 0.1) is 4.88 Å². The summed E-state index contributed by atoms with van der Waals surface area (Å²) in [6.45, 7) is 2.78. The molecule has 1 heterocycles. The van der Waals surface area contributed by atoms with E-state index in [0.29, 0.717) is 18.5 Å². The maximum Gasteiger partial charge on any atom is 0.264 e. The van der Waals surface area contributed by atoms with Gasteiger partial charge in [0.25, 0.3) is 5.91 Å². The second-order valence-electron chi connectivity index (χ2n) is 5.11. The molecule has 1 aliphatic carbocycles. The molecule has 4 heteroatoms. The molecule has 1 aliphatic rings. The molecule has 0 aliphatic heterocycles. The molecule has 2 rings (SSSR count). The molecule has 0 bridgehead atoms. The number of rotatable bonds is 5. The maximum absolute atomic E-state index is 12.8. The summed E-state index contributed by atoms with van der Waals surface area (Å²) < 4.78 is 0. The molecule has 2 nitrogen and oxygen atoms in total. The number of carbonyl (C=O) groups excluding carboxylic acids is 1. The highest BCUT2D eigenvalue weighted by Gasteiger charge is 2.27. The van der Waals surface area contributed by atoms with Crippen molar-refractivity contribution >= 4 is 28.8 Å². The molecule has 0 spiro atoms. The lowest BCUT2D eigenvalue weighted by molar-refractivity contribution is 0.0654. The highest BCUT2D eigenvalue weighted by Crippen LogP contribution is 2.26. The van der Waals surface area contributed by atoms with E-state index in [-0.39, 0.29) is 5.91 Å². The zero-order valence-corrected chi connectivity index (χ0v) is 13.1. The van der Waals surface area contributed by atoms with E-state index < -0.39 is 0 Å². The van der Waals surface area contributed by atoms with Gasteiger partial charge in [0.15, 0.2) is 0 Å². The van der Waals surface area contributed by atoms with Crippen LogP contribution >= 0.6 is 22.9 Å². The van der Waals surface area contributed by atoms with Crippen molar-refractivity contribution in [2.24, 2.45) is 0 Å². The van der Waals surface area contributed by atoms with E-state index in [1.54, 1.807) is 11.3 Å². The van der Waals surface area contributed by atoms with Crippen molar-refractivity contribution in [3.8, 4) is 0 Å². The Hall–Kier alpha value is -0.540. The average molecular weight is 300 g/mol. The minimum atomic E-state index is 0.194. The minimum absolute atomic E-state index is 0.194. The summed E-state index contributed by atoms with van der Waals surface area (Å²) in [6, 6.07) is 2.46. The Labute approximate surface area is 124 Å². The fraction of sp³-hybridized carbons (Fsp3) is 0.667. The molecule has 0 aromatic carbocycles. The molecule has 106 valence electrons. The Morgan fingerprint density at radius 2 is 2.16 bits per heavy atom. The Balaban J connectivity index is 2.15. The fourth-order valence-corrected chi connectivity index (χ4v) is 4.00. The SMILES string of the molecule is CCc1ccsc1C(=O)N(CCCl)C1CCCCC1. The molecular weight excluding hydrogens is 278 g/mol. The Morgan fingerprint density at radius 1 is 1.42 bits per heavy atom. The lowest BCUT2D eigenvalue weighted by Crippen LogP contribution is -2.42. The van der Waals surface area contributed by atoms with Crippen LogP contribution in [-0.2, 0) is 6.42 Å². The first-order valence-corrected chi connectivity index (χ1v) is 8.62. The summed E-state index contributed by atoms with van der Waals surface area (Å²) in [5, 5.41) is 2.02. The third-order valence-electron chi connectivity index (χ3n) is 3.92. The zero-order valence-electron chi connectivity index (χ0n) is 11.5. The van der Waals surface area contributed by atoms with Crippen molar-refractivity contribution in [3.05, 3.63) is 21.9 Å². The van der Waals surface area contributed by atoms with E-state index in [1.807, 2.05) is 10.3 Å². The quantitative estimate of drug-likeness (QED) is 0.741. The van der Waals surface area contributed by atoms with Crippen LogP contribution in [0.3, 0.4) is 0 Å². The van der Waals surface area contributed by atoms with Gasteiger partial charge in [-0.2, -0.15) is 0 Å². The van der Waals surface area contributed by atoms with E-state index in [4.69, 9.17) is 11.6 Å².